The third kappa shape index (κ3) is 4.58. The maximum atomic E-state index is 12.9. The van der Waals surface area contributed by atoms with Crippen molar-refractivity contribution < 1.29 is 4.79 Å². The number of amides is 1. The van der Waals surface area contributed by atoms with E-state index in [1.165, 1.54) is 0 Å². The number of benzene rings is 1. The van der Waals surface area contributed by atoms with E-state index in [4.69, 9.17) is 0 Å². The molecule has 1 unspecified atom stereocenters. The predicted octanol–water partition coefficient (Wildman–Crippen LogP) is 5.03. The Kier molecular flexibility index (Phi) is 6.20. The van der Waals surface area contributed by atoms with Gasteiger partial charge in [0.15, 0.2) is 5.65 Å². The van der Waals surface area contributed by atoms with Crippen LogP contribution in [0.1, 0.15) is 30.7 Å². The number of aromatic nitrogens is 5. The number of aromatic amines is 2. The summed E-state index contributed by atoms with van der Waals surface area (Å²) >= 11 is 0. The third-order valence-electron chi connectivity index (χ3n) is 8.09. The molecule has 4 aromatic heterocycles. The summed E-state index contributed by atoms with van der Waals surface area (Å²) in [4.78, 5) is 32.0. The maximum absolute atomic E-state index is 12.9. The minimum absolute atomic E-state index is 0.0124. The molecule has 7 rings (SSSR count). The van der Waals surface area contributed by atoms with Crippen LogP contribution < -0.4 is 5.32 Å². The van der Waals surface area contributed by atoms with Gasteiger partial charge < -0.3 is 15.2 Å². The van der Waals surface area contributed by atoms with Crippen molar-refractivity contribution in [2.24, 2.45) is 10.9 Å². The number of aliphatic imine (C=N–C) groups is 1. The second kappa shape index (κ2) is 10.2. The fraction of sp³-hybridized carbons (Fsp3) is 0.258. The molecule has 1 aromatic carbocycles. The summed E-state index contributed by atoms with van der Waals surface area (Å²) in [6.07, 6.45) is 11.6. The highest BCUT2D eigenvalue weighted by Crippen LogP contribution is 2.35. The van der Waals surface area contributed by atoms with Gasteiger partial charge in [0, 0.05) is 71.2 Å². The second-order valence-electron chi connectivity index (χ2n) is 10.8. The Bertz CT molecular complexity index is 1760. The molecule has 5 aromatic rings. The van der Waals surface area contributed by atoms with E-state index in [1.54, 1.807) is 6.20 Å². The molecule has 40 heavy (non-hydrogen) atoms. The molecule has 9 heteroatoms. The van der Waals surface area contributed by atoms with Gasteiger partial charge in [-0.05, 0) is 80.0 Å². The van der Waals surface area contributed by atoms with Gasteiger partial charge >= 0.3 is 0 Å². The number of nitrogens with zero attached hydrogens (tertiary/aromatic N) is 5. The van der Waals surface area contributed by atoms with Gasteiger partial charge in [0.05, 0.1) is 11.4 Å². The number of rotatable bonds is 5. The van der Waals surface area contributed by atoms with E-state index >= 15 is 0 Å². The second-order valence-corrected chi connectivity index (χ2v) is 10.8. The van der Waals surface area contributed by atoms with Crippen LogP contribution in [0, 0.1) is 5.92 Å². The molecule has 1 fully saturated rings. The fourth-order valence-corrected chi connectivity index (χ4v) is 5.79. The summed E-state index contributed by atoms with van der Waals surface area (Å²) in [5.74, 6) is 0.174. The highest BCUT2D eigenvalue weighted by atomic mass is 16.1. The summed E-state index contributed by atoms with van der Waals surface area (Å²) in [5.41, 5.74) is 7.69. The molecule has 0 bridgehead atoms. The molecule has 6 heterocycles. The molecule has 0 radical (unpaired) electrons. The summed E-state index contributed by atoms with van der Waals surface area (Å²) in [5, 5.41) is 12.9. The van der Waals surface area contributed by atoms with E-state index in [-0.39, 0.29) is 17.7 Å². The lowest BCUT2D eigenvalue weighted by Crippen LogP contribution is -2.39. The molecular weight excluding hydrogens is 500 g/mol. The zero-order valence-electron chi connectivity index (χ0n) is 22.3. The topological polar surface area (TPSA) is 115 Å². The first-order valence-corrected chi connectivity index (χ1v) is 13.7. The van der Waals surface area contributed by atoms with Crippen molar-refractivity contribution in [3.05, 3.63) is 78.5 Å². The van der Waals surface area contributed by atoms with Gasteiger partial charge in [-0.15, -0.1) is 0 Å². The first kappa shape index (κ1) is 24.4. The predicted molar refractivity (Wildman–Crippen MR) is 157 cm³/mol. The Morgan fingerprint density at radius 3 is 2.77 bits per heavy atom. The van der Waals surface area contributed by atoms with Crippen molar-refractivity contribution in [3.63, 3.8) is 0 Å². The molecule has 1 atom stereocenters. The van der Waals surface area contributed by atoms with Gasteiger partial charge in [-0.2, -0.15) is 5.10 Å². The van der Waals surface area contributed by atoms with Crippen LogP contribution in [0.4, 0.5) is 0 Å². The lowest BCUT2D eigenvalue weighted by molar-refractivity contribution is -0.125. The molecule has 1 amide bonds. The molecular formula is C31H30N8O. The molecule has 1 saturated heterocycles. The number of piperidine rings is 1. The number of carbonyl (C=O) groups is 1. The van der Waals surface area contributed by atoms with Crippen LogP contribution in [-0.2, 0) is 4.79 Å². The van der Waals surface area contributed by atoms with Crippen molar-refractivity contribution in [3.8, 4) is 22.5 Å². The zero-order chi connectivity index (χ0) is 27.1. The summed E-state index contributed by atoms with van der Waals surface area (Å²) in [6, 6.07) is 14.6. The van der Waals surface area contributed by atoms with Crippen LogP contribution in [0.15, 0.2) is 77.9 Å². The van der Waals surface area contributed by atoms with Gasteiger partial charge in [0.25, 0.3) is 0 Å². The number of H-pyrrole nitrogens is 2. The smallest absolute Gasteiger partial charge is 0.227 e. The van der Waals surface area contributed by atoms with Crippen molar-refractivity contribution in [2.75, 3.05) is 20.1 Å². The van der Waals surface area contributed by atoms with Gasteiger partial charge in [0.1, 0.15) is 0 Å². The van der Waals surface area contributed by atoms with Gasteiger partial charge in [-0.1, -0.05) is 12.1 Å². The molecule has 9 nitrogen and oxygen atoms in total. The fourth-order valence-electron chi connectivity index (χ4n) is 5.79. The molecule has 2 aliphatic heterocycles. The van der Waals surface area contributed by atoms with Gasteiger partial charge in [-0.25, -0.2) is 4.98 Å². The minimum atomic E-state index is 0.0124. The highest BCUT2D eigenvalue weighted by molar-refractivity contribution is 6.00. The number of hydrogen-bond acceptors (Lipinski definition) is 6. The van der Waals surface area contributed by atoms with E-state index in [0.717, 1.165) is 76.0 Å². The third-order valence-corrected chi connectivity index (χ3v) is 8.09. The lowest BCUT2D eigenvalue weighted by atomic mass is 9.93. The van der Waals surface area contributed by atoms with Crippen LogP contribution in [-0.4, -0.2) is 62.3 Å². The van der Waals surface area contributed by atoms with Crippen molar-refractivity contribution in [1.82, 2.24) is 35.4 Å². The van der Waals surface area contributed by atoms with E-state index < -0.39 is 0 Å². The number of allylic oxidation sites excluding steroid dienone is 1. The Morgan fingerprint density at radius 1 is 1.07 bits per heavy atom. The molecule has 2 aliphatic rings. The van der Waals surface area contributed by atoms with Gasteiger partial charge in [0.2, 0.25) is 5.91 Å². The number of carbonyl (C=O) groups excluding carboxylic acids is 1. The quantitative estimate of drug-likeness (QED) is 0.295. The normalized spacial score (nSPS) is 18.3. The molecule has 200 valence electrons. The Hall–Kier alpha value is -4.63. The van der Waals surface area contributed by atoms with Crippen LogP contribution in [0.2, 0.25) is 0 Å². The van der Waals surface area contributed by atoms with Crippen molar-refractivity contribution >= 4 is 34.1 Å². The molecule has 3 N–H and O–H groups in total. The number of pyridine rings is 2. The van der Waals surface area contributed by atoms with E-state index in [2.05, 4.69) is 77.7 Å². The first-order chi connectivity index (χ1) is 19.6. The largest absolute Gasteiger partial charge is 0.353 e. The van der Waals surface area contributed by atoms with Crippen molar-refractivity contribution in [1.29, 1.82) is 0 Å². The van der Waals surface area contributed by atoms with Crippen molar-refractivity contribution in [2.45, 2.75) is 25.2 Å². The zero-order valence-corrected chi connectivity index (χ0v) is 22.3. The van der Waals surface area contributed by atoms with Crippen LogP contribution in [0.3, 0.4) is 0 Å². The standard InChI is InChI=1S/C31H30N8O/c1-39-11-7-20(8-12-39)31(40)35-23-13-21(16-33-18-23)22-14-26-29(37-38-30(26)34-17-22)28-15-25-24(3-2-4-27(25)36-28)19-5-9-32-10-6-19/h2-6,9-10,14-18,20-21,36H,7-8,11-13H2,1H3,(H,35,40)(H,34,37,38). The van der Waals surface area contributed by atoms with Crippen LogP contribution >= 0.6 is 0 Å². The summed E-state index contributed by atoms with van der Waals surface area (Å²) < 4.78 is 0. The molecule has 0 aliphatic carbocycles. The van der Waals surface area contributed by atoms with Crippen LogP contribution in [0.25, 0.3) is 44.5 Å². The SMILES string of the molecule is CN1CCC(C(=O)NC2=CN=CC(c3cnc4n[nH]c(-c5cc6c(-c7ccncc7)cccc6[nH]5)c4c3)C2)CC1. The summed E-state index contributed by atoms with van der Waals surface area (Å²) in [6.45, 7) is 1.91. The Balaban J connectivity index is 1.15. The lowest BCUT2D eigenvalue weighted by Gasteiger charge is -2.28. The monoisotopic (exact) mass is 530 g/mol. The first-order valence-electron chi connectivity index (χ1n) is 13.7. The highest BCUT2D eigenvalue weighted by Gasteiger charge is 2.25. The van der Waals surface area contributed by atoms with Crippen LogP contribution in [0.5, 0.6) is 0 Å². The average molecular weight is 531 g/mol. The number of hydrogen-bond donors (Lipinski definition) is 3. The average Bonchev–Trinajstić information content (AvgIpc) is 3.62. The van der Waals surface area contributed by atoms with E-state index in [9.17, 15) is 4.79 Å². The van der Waals surface area contributed by atoms with E-state index in [0.29, 0.717) is 12.1 Å². The Morgan fingerprint density at radius 2 is 1.93 bits per heavy atom. The van der Waals surface area contributed by atoms with E-state index in [1.807, 2.05) is 36.9 Å². The molecule has 0 spiro atoms. The number of likely N-dealkylation sites (tertiary alicyclic amines) is 1. The Labute approximate surface area is 231 Å². The molecule has 0 saturated carbocycles. The number of fused-ring (bicyclic) bond motifs is 2. The number of nitrogens with one attached hydrogen (secondary N) is 3. The minimum Gasteiger partial charge on any atom is -0.353 e. The summed E-state index contributed by atoms with van der Waals surface area (Å²) in [7, 11) is 2.10. The maximum Gasteiger partial charge on any atom is 0.227 e. The van der Waals surface area contributed by atoms with Gasteiger partial charge in [-0.3, -0.25) is 19.9 Å².